The monoisotopic (exact) mass is 314 g/mol. The SMILES string of the molecule is CCC(C)(CC#N)n1cc(-c2cc(Cl)nc3ccnn23)cn1. The van der Waals surface area contributed by atoms with Crippen LogP contribution in [0.3, 0.4) is 0 Å². The minimum absolute atomic E-state index is 0.326. The molecule has 112 valence electrons. The van der Waals surface area contributed by atoms with Crippen LogP contribution in [0, 0.1) is 11.3 Å². The van der Waals surface area contributed by atoms with Crippen molar-refractivity contribution in [2.45, 2.75) is 32.2 Å². The molecule has 0 fully saturated rings. The third-order valence-electron chi connectivity index (χ3n) is 3.98. The highest BCUT2D eigenvalue weighted by Crippen LogP contribution is 2.28. The third kappa shape index (κ3) is 2.34. The summed E-state index contributed by atoms with van der Waals surface area (Å²) in [5.74, 6) is 0. The number of nitrogens with zero attached hydrogens (tertiary/aromatic N) is 6. The van der Waals surface area contributed by atoms with E-state index < -0.39 is 0 Å². The fraction of sp³-hybridized carbons (Fsp3) is 0.333. The third-order valence-corrected chi connectivity index (χ3v) is 4.17. The molecule has 1 unspecified atom stereocenters. The van der Waals surface area contributed by atoms with Crippen LogP contribution in [0.4, 0.5) is 0 Å². The van der Waals surface area contributed by atoms with E-state index in [2.05, 4.69) is 21.3 Å². The Kier molecular flexibility index (Phi) is 3.59. The van der Waals surface area contributed by atoms with E-state index in [1.807, 2.05) is 24.7 Å². The molecule has 0 aliphatic carbocycles. The maximum absolute atomic E-state index is 9.04. The normalized spacial score (nSPS) is 13.9. The van der Waals surface area contributed by atoms with Crippen molar-refractivity contribution in [2.75, 3.05) is 0 Å². The van der Waals surface area contributed by atoms with Gasteiger partial charge in [0.25, 0.3) is 0 Å². The lowest BCUT2D eigenvalue weighted by Gasteiger charge is -2.25. The molecule has 7 heteroatoms. The number of nitriles is 1. The Morgan fingerprint density at radius 3 is 2.95 bits per heavy atom. The molecule has 22 heavy (non-hydrogen) atoms. The minimum Gasteiger partial charge on any atom is -0.265 e. The molecule has 3 aromatic rings. The zero-order valence-corrected chi connectivity index (χ0v) is 13.1. The summed E-state index contributed by atoms with van der Waals surface area (Å²) in [6.07, 6.45) is 6.58. The van der Waals surface area contributed by atoms with Gasteiger partial charge in [-0.15, -0.1) is 0 Å². The highest BCUT2D eigenvalue weighted by molar-refractivity contribution is 6.29. The average molecular weight is 315 g/mol. The molecule has 0 bridgehead atoms. The first-order valence-corrected chi connectivity index (χ1v) is 7.38. The number of hydrogen-bond acceptors (Lipinski definition) is 4. The second-order valence-electron chi connectivity index (χ2n) is 5.42. The molecule has 0 aliphatic heterocycles. The van der Waals surface area contributed by atoms with Gasteiger partial charge < -0.3 is 0 Å². The van der Waals surface area contributed by atoms with Crippen LogP contribution < -0.4 is 0 Å². The van der Waals surface area contributed by atoms with Crippen LogP contribution in [0.2, 0.25) is 5.15 Å². The molecule has 3 rings (SSSR count). The van der Waals surface area contributed by atoms with Crippen LogP contribution in [0.25, 0.3) is 16.9 Å². The Balaban J connectivity index is 2.10. The predicted molar refractivity (Wildman–Crippen MR) is 83.4 cm³/mol. The number of hydrogen-bond donors (Lipinski definition) is 0. The smallest absolute Gasteiger partial charge is 0.157 e. The zero-order valence-electron chi connectivity index (χ0n) is 12.4. The molecule has 1 atom stereocenters. The predicted octanol–water partition coefficient (Wildman–Crippen LogP) is 3.29. The Hall–Kier alpha value is -2.39. The number of halogens is 1. The van der Waals surface area contributed by atoms with Crippen LogP contribution in [-0.2, 0) is 5.54 Å². The van der Waals surface area contributed by atoms with E-state index in [0.29, 0.717) is 17.2 Å². The van der Waals surface area contributed by atoms with Crippen LogP contribution >= 0.6 is 11.6 Å². The van der Waals surface area contributed by atoms with Crippen LogP contribution in [0.15, 0.2) is 30.7 Å². The molecule has 0 aromatic carbocycles. The van der Waals surface area contributed by atoms with Gasteiger partial charge in [-0.25, -0.2) is 9.50 Å². The fourth-order valence-electron chi connectivity index (χ4n) is 2.38. The summed E-state index contributed by atoms with van der Waals surface area (Å²) < 4.78 is 3.57. The van der Waals surface area contributed by atoms with Crippen LogP contribution in [0.1, 0.15) is 26.7 Å². The lowest BCUT2D eigenvalue weighted by molar-refractivity contribution is 0.281. The summed E-state index contributed by atoms with van der Waals surface area (Å²) in [6, 6.07) is 5.79. The molecule has 3 heterocycles. The van der Waals surface area contributed by atoms with Crippen LogP contribution in [-0.4, -0.2) is 24.4 Å². The Morgan fingerprint density at radius 1 is 1.41 bits per heavy atom. The maximum Gasteiger partial charge on any atom is 0.157 e. The van der Waals surface area contributed by atoms with E-state index in [-0.39, 0.29) is 5.54 Å². The van der Waals surface area contributed by atoms with Crippen molar-refractivity contribution in [3.8, 4) is 17.3 Å². The first-order chi connectivity index (χ1) is 10.6. The summed E-state index contributed by atoms with van der Waals surface area (Å²) in [5.41, 5.74) is 2.07. The first kappa shape index (κ1) is 14.5. The molecule has 0 saturated heterocycles. The van der Waals surface area contributed by atoms with Gasteiger partial charge in [0.05, 0.1) is 36.1 Å². The van der Waals surface area contributed by atoms with E-state index in [1.54, 1.807) is 29.0 Å². The molecule has 0 amide bonds. The highest BCUT2D eigenvalue weighted by atomic mass is 35.5. The van der Waals surface area contributed by atoms with Crippen molar-refractivity contribution in [3.63, 3.8) is 0 Å². The van der Waals surface area contributed by atoms with Crippen molar-refractivity contribution in [1.29, 1.82) is 5.26 Å². The van der Waals surface area contributed by atoms with Gasteiger partial charge in [-0.05, 0) is 13.3 Å². The van der Waals surface area contributed by atoms with E-state index in [4.69, 9.17) is 16.9 Å². The van der Waals surface area contributed by atoms with Gasteiger partial charge in [0, 0.05) is 23.9 Å². The minimum atomic E-state index is -0.326. The topological polar surface area (TPSA) is 71.8 Å². The van der Waals surface area contributed by atoms with Crippen molar-refractivity contribution in [2.24, 2.45) is 0 Å². The van der Waals surface area contributed by atoms with Gasteiger partial charge in [0.15, 0.2) is 5.65 Å². The summed E-state index contributed by atoms with van der Waals surface area (Å²) in [4.78, 5) is 4.22. The first-order valence-electron chi connectivity index (χ1n) is 7.00. The summed E-state index contributed by atoms with van der Waals surface area (Å²) in [6.45, 7) is 4.07. The molecule has 6 nitrogen and oxygen atoms in total. The lowest BCUT2D eigenvalue weighted by Crippen LogP contribution is -2.29. The van der Waals surface area contributed by atoms with Crippen molar-refractivity contribution < 1.29 is 0 Å². The highest BCUT2D eigenvalue weighted by Gasteiger charge is 2.25. The molecule has 0 spiro atoms. The maximum atomic E-state index is 9.04. The molecular formula is C15H15ClN6. The Labute approximate surface area is 133 Å². The molecular weight excluding hydrogens is 300 g/mol. The molecule has 3 aromatic heterocycles. The number of aromatic nitrogens is 5. The Bertz CT molecular complexity index is 858. The van der Waals surface area contributed by atoms with E-state index >= 15 is 0 Å². The number of fused-ring (bicyclic) bond motifs is 1. The molecule has 0 N–H and O–H groups in total. The second kappa shape index (κ2) is 5.43. The van der Waals surface area contributed by atoms with E-state index in [1.165, 1.54) is 0 Å². The van der Waals surface area contributed by atoms with E-state index in [9.17, 15) is 0 Å². The van der Waals surface area contributed by atoms with Gasteiger partial charge in [0.2, 0.25) is 0 Å². The largest absolute Gasteiger partial charge is 0.265 e. The molecule has 0 saturated carbocycles. The molecule has 0 radical (unpaired) electrons. The summed E-state index contributed by atoms with van der Waals surface area (Å²) >= 11 is 6.08. The van der Waals surface area contributed by atoms with Crippen molar-refractivity contribution in [1.82, 2.24) is 24.4 Å². The Morgan fingerprint density at radius 2 is 2.23 bits per heavy atom. The number of rotatable bonds is 4. The lowest BCUT2D eigenvalue weighted by atomic mass is 9.96. The summed E-state index contributed by atoms with van der Waals surface area (Å²) in [5, 5.41) is 18.2. The quantitative estimate of drug-likeness (QED) is 0.693. The van der Waals surface area contributed by atoms with Gasteiger partial charge in [-0.1, -0.05) is 18.5 Å². The molecule has 0 aliphatic rings. The van der Waals surface area contributed by atoms with Crippen LogP contribution in [0.5, 0.6) is 0 Å². The van der Waals surface area contributed by atoms with E-state index in [0.717, 1.165) is 17.7 Å². The van der Waals surface area contributed by atoms with Gasteiger partial charge in [0.1, 0.15) is 5.15 Å². The van der Waals surface area contributed by atoms with Gasteiger partial charge in [-0.3, -0.25) is 4.68 Å². The van der Waals surface area contributed by atoms with Gasteiger partial charge >= 0.3 is 0 Å². The fourth-order valence-corrected chi connectivity index (χ4v) is 2.57. The second-order valence-corrected chi connectivity index (χ2v) is 5.81. The van der Waals surface area contributed by atoms with Crippen molar-refractivity contribution in [3.05, 3.63) is 35.9 Å². The summed E-state index contributed by atoms with van der Waals surface area (Å²) in [7, 11) is 0. The average Bonchev–Trinajstić information content (AvgIpc) is 3.15. The standard InChI is InChI=1S/C15H15ClN6/c1-3-15(2,5-6-17)21-10-11(9-19-21)12-8-13(16)20-14-4-7-18-22(12)14/h4,7-10H,3,5H2,1-2H3. The van der Waals surface area contributed by atoms with Gasteiger partial charge in [-0.2, -0.15) is 15.5 Å². The zero-order chi connectivity index (χ0) is 15.7. The van der Waals surface area contributed by atoms with Crippen molar-refractivity contribution >= 4 is 17.2 Å².